The number of hydrogen-bond donors (Lipinski definition) is 4. The summed E-state index contributed by atoms with van der Waals surface area (Å²) < 4.78 is 10.8. The second-order valence-electron chi connectivity index (χ2n) is 8.69. The van der Waals surface area contributed by atoms with E-state index in [2.05, 4.69) is 10.9 Å². The number of hydrogen-bond acceptors (Lipinski definition) is 6. The minimum absolute atomic E-state index is 0.0437. The predicted octanol–water partition coefficient (Wildman–Crippen LogP) is 1.94. The van der Waals surface area contributed by atoms with E-state index in [0.717, 1.165) is 22.3 Å². The summed E-state index contributed by atoms with van der Waals surface area (Å²) in [5.74, 6) is -4.15. The van der Waals surface area contributed by atoms with Gasteiger partial charge in [-0.2, -0.15) is 0 Å². The van der Waals surface area contributed by atoms with E-state index in [4.69, 9.17) is 14.6 Å². The number of ether oxygens (including phenoxy) is 2. The van der Waals surface area contributed by atoms with Crippen molar-refractivity contribution < 1.29 is 33.8 Å². The molecule has 2 aromatic carbocycles. The Balaban J connectivity index is 1.57. The second kappa shape index (κ2) is 10.3. The predicted molar refractivity (Wildman–Crippen MR) is 122 cm³/mol. The third-order valence-corrected chi connectivity index (χ3v) is 5.13. The summed E-state index contributed by atoms with van der Waals surface area (Å²) in [7, 11) is 0. The number of amides is 3. The van der Waals surface area contributed by atoms with Crippen LogP contribution in [0.4, 0.5) is 4.79 Å². The first-order chi connectivity index (χ1) is 16.1. The SMILES string of the molecule is CC(C)(C)OCC(NC(=O)C(=O)O)C(=O)NNC(=O)OCC1c2ccccc2-c2ccccc21. The summed E-state index contributed by atoms with van der Waals surface area (Å²) in [5.41, 5.74) is 7.84. The zero-order valence-electron chi connectivity index (χ0n) is 19.1. The molecule has 180 valence electrons. The molecule has 3 amide bonds. The van der Waals surface area contributed by atoms with E-state index in [-0.39, 0.29) is 19.1 Å². The number of fused-ring (bicyclic) bond motifs is 3. The molecule has 0 spiro atoms. The molecule has 10 heteroatoms. The van der Waals surface area contributed by atoms with E-state index >= 15 is 0 Å². The van der Waals surface area contributed by atoms with Crippen molar-refractivity contribution in [2.45, 2.75) is 38.3 Å². The van der Waals surface area contributed by atoms with Gasteiger partial charge in [-0.1, -0.05) is 48.5 Å². The summed E-state index contributed by atoms with van der Waals surface area (Å²) in [6.07, 6.45) is -0.907. The van der Waals surface area contributed by atoms with Crippen LogP contribution in [0.15, 0.2) is 48.5 Å². The van der Waals surface area contributed by atoms with Gasteiger partial charge in [0.25, 0.3) is 5.91 Å². The van der Waals surface area contributed by atoms with Gasteiger partial charge in [-0.15, -0.1) is 0 Å². The van der Waals surface area contributed by atoms with Crippen LogP contribution in [-0.2, 0) is 23.9 Å². The van der Waals surface area contributed by atoms with Gasteiger partial charge in [-0.3, -0.25) is 15.0 Å². The van der Waals surface area contributed by atoms with Crippen molar-refractivity contribution in [3.05, 3.63) is 59.7 Å². The van der Waals surface area contributed by atoms with E-state index in [1.807, 2.05) is 53.8 Å². The lowest BCUT2D eigenvalue weighted by Crippen LogP contribution is -2.55. The Bertz CT molecular complexity index is 1050. The molecule has 10 nitrogen and oxygen atoms in total. The standard InChI is InChI=1S/C24H27N3O7/c1-24(2,3)34-13-19(25-21(29)22(30)31)20(28)26-27-23(32)33-12-18-16-10-6-4-8-14(16)15-9-5-7-11-17(15)18/h4-11,18-19H,12-13H2,1-3H3,(H,25,29)(H,26,28)(H,27,32)(H,30,31). The van der Waals surface area contributed by atoms with Crippen LogP contribution in [0, 0.1) is 0 Å². The highest BCUT2D eigenvalue weighted by molar-refractivity contribution is 6.32. The molecule has 0 aliphatic heterocycles. The number of aliphatic carboxylic acids is 1. The topological polar surface area (TPSA) is 143 Å². The quantitative estimate of drug-likeness (QED) is 0.374. The van der Waals surface area contributed by atoms with E-state index in [1.165, 1.54) is 0 Å². The van der Waals surface area contributed by atoms with Gasteiger partial charge >= 0.3 is 18.0 Å². The van der Waals surface area contributed by atoms with Gasteiger partial charge in [0.2, 0.25) is 0 Å². The van der Waals surface area contributed by atoms with Gasteiger partial charge in [0.05, 0.1) is 12.2 Å². The summed E-state index contributed by atoms with van der Waals surface area (Å²) in [4.78, 5) is 47.0. The van der Waals surface area contributed by atoms with Gasteiger partial charge in [0, 0.05) is 5.92 Å². The minimum Gasteiger partial charge on any atom is -0.474 e. The molecule has 1 aliphatic carbocycles. The van der Waals surface area contributed by atoms with Crippen LogP contribution < -0.4 is 16.2 Å². The number of carboxylic acid groups (broad SMARTS) is 1. The van der Waals surface area contributed by atoms with Crippen LogP contribution in [0.1, 0.15) is 37.8 Å². The first-order valence-electron chi connectivity index (χ1n) is 10.7. The fourth-order valence-electron chi connectivity index (χ4n) is 3.57. The fourth-order valence-corrected chi connectivity index (χ4v) is 3.57. The molecule has 0 bridgehead atoms. The molecule has 0 saturated carbocycles. The Kier molecular flexibility index (Phi) is 7.52. The minimum atomic E-state index is -1.75. The van der Waals surface area contributed by atoms with Crippen LogP contribution in [0.25, 0.3) is 11.1 Å². The third kappa shape index (κ3) is 6.10. The molecule has 0 fully saturated rings. The van der Waals surface area contributed by atoms with Crippen molar-refractivity contribution in [3.63, 3.8) is 0 Å². The summed E-state index contributed by atoms with van der Waals surface area (Å²) in [5, 5.41) is 10.8. The van der Waals surface area contributed by atoms with Crippen molar-refractivity contribution in [3.8, 4) is 11.1 Å². The van der Waals surface area contributed by atoms with Crippen molar-refractivity contribution in [2.75, 3.05) is 13.2 Å². The lowest BCUT2D eigenvalue weighted by atomic mass is 9.98. The average molecular weight is 469 g/mol. The van der Waals surface area contributed by atoms with Gasteiger partial charge in [0.1, 0.15) is 12.6 Å². The first-order valence-corrected chi connectivity index (χ1v) is 10.7. The zero-order chi connectivity index (χ0) is 24.9. The number of nitrogens with one attached hydrogen (secondary N) is 3. The maximum Gasteiger partial charge on any atom is 0.426 e. The largest absolute Gasteiger partial charge is 0.474 e. The molecular weight excluding hydrogens is 442 g/mol. The highest BCUT2D eigenvalue weighted by Gasteiger charge is 2.30. The number of carbonyl (C=O) groups is 4. The molecule has 4 N–H and O–H groups in total. The number of carboxylic acids is 1. The van der Waals surface area contributed by atoms with Crippen LogP contribution in [-0.4, -0.2) is 53.8 Å². The Labute approximate surface area is 196 Å². The summed E-state index contributed by atoms with van der Waals surface area (Å²) in [6.45, 7) is 4.94. The van der Waals surface area contributed by atoms with E-state index in [9.17, 15) is 19.2 Å². The molecule has 0 radical (unpaired) electrons. The molecule has 1 atom stereocenters. The maximum atomic E-state index is 12.4. The highest BCUT2D eigenvalue weighted by atomic mass is 16.6. The Morgan fingerprint density at radius 1 is 0.941 bits per heavy atom. The van der Waals surface area contributed by atoms with Crippen molar-refractivity contribution in [1.29, 1.82) is 0 Å². The lowest BCUT2D eigenvalue weighted by Gasteiger charge is -2.24. The average Bonchev–Trinajstić information content (AvgIpc) is 3.11. The van der Waals surface area contributed by atoms with Gasteiger partial charge in [-0.25, -0.2) is 15.0 Å². The smallest absolute Gasteiger partial charge is 0.426 e. The number of hydrazine groups is 1. The van der Waals surface area contributed by atoms with E-state index in [0.29, 0.717) is 0 Å². The van der Waals surface area contributed by atoms with Gasteiger partial charge in [-0.05, 0) is 43.0 Å². The van der Waals surface area contributed by atoms with Crippen molar-refractivity contribution >= 4 is 23.9 Å². The molecule has 3 rings (SSSR count). The number of carbonyl (C=O) groups excluding carboxylic acids is 3. The monoisotopic (exact) mass is 469 g/mol. The molecule has 0 heterocycles. The summed E-state index contributed by atoms with van der Waals surface area (Å²) >= 11 is 0. The maximum absolute atomic E-state index is 12.4. The molecule has 1 unspecified atom stereocenters. The molecule has 1 aliphatic rings. The van der Waals surface area contributed by atoms with Crippen LogP contribution in [0.5, 0.6) is 0 Å². The molecule has 34 heavy (non-hydrogen) atoms. The Morgan fingerprint density at radius 3 is 2.03 bits per heavy atom. The molecule has 0 aromatic heterocycles. The first kappa shape index (κ1) is 24.7. The van der Waals surface area contributed by atoms with Crippen molar-refractivity contribution in [1.82, 2.24) is 16.2 Å². The fraction of sp³-hybridized carbons (Fsp3) is 0.333. The lowest BCUT2D eigenvalue weighted by molar-refractivity contribution is -0.151. The zero-order valence-corrected chi connectivity index (χ0v) is 19.1. The Morgan fingerprint density at radius 2 is 1.50 bits per heavy atom. The van der Waals surface area contributed by atoms with E-state index in [1.54, 1.807) is 20.8 Å². The highest BCUT2D eigenvalue weighted by Crippen LogP contribution is 2.44. The Hall–Kier alpha value is -3.92. The van der Waals surface area contributed by atoms with Crippen LogP contribution in [0.2, 0.25) is 0 Å². The molecule has 0 saturated heterocycles. The second-order valence-corrected chi connectivity index (χ2v) is 8.69. The van der Waals surface area contributed by atoms with Crippen molar-refractivity contribution in [2.24, 2.45) is 0 Å². The molecule has 2 aromatic rings. The third-order valence-electron chi connectivity index (χ3n) is 5.13. The van der Waals surface area contributed by atoms with Crippen LogP contribution >= 0.6 is 0 Å². The van der Waals surface area contributed by atoms with Gasteiger partial charge < -0.3 is 19.9 Å². The van der Waals surface area contributed by atoms with Gasteiger partial charge in [0.15, 0.2) is 0 Å². The number of rotatable bonds is 6. The molecular formula is C24H27N3O7. The summed E-state index contributed by atoms with van der Waals surface area (Å²) in [6, 6.07) is 14.4. The normalized spacial score (nSPS) is 13.3. The van der Waals surface area contributed by atoms with Crippen LogP contribution in [0.3, 0.4) is 0 Å². The van der Waals surface area contributed by atoms with E-state index < -0.39 is 35.5 Å². The number of benzene rings is 2.